The zero-order valence-corrected chi connectivity index (χ0v) is 16.7. The maximum atomic E-state index is 12.4. The number of rotatable bonds is 9. The number of hydrogen-bond acceptors (Lipinski definition) is 6. The van der Waals surface area contributed by atoms with Gasteiger partial charge in [-0.15, -0.1) is 0 Å². The molecule has 0 saturated heterocycles. The van der Waals surface area contributed by atoms with Crippen molar-refractivity contribution in [1.82, 2.24) is 20.3 Å². The molecule has 3 aromatic rings. The highest BCUT2D eigenvalue weighted by Crippen LogP contribution is 2.12. The van der Waals surface area contributed by atoms with Gasteiger partial charge in [-0.1, -0.05) is 12.1 Å². The minimum absolute atomic E-state index is 0.204. The van der Waals surface area contributed by atoms with Gasteiger partial charge in [0.05, 0.1) is 7.11 Å². The fraction of sp³-hybridized carbons (Fsp3) is 0.273. The van der Waals surface area contributed by atoms with E-state index >= 15 is 0 Å². The second kappa shape index (κ2) is 10.2. The lowest BCUT2D eigenvalue weighted by molar-refractivity contribution is 0.0949. The molecule has 1 amide bonds. The van der Waals surface area contributed by atoms with Crippen LogP contribution in [0.2, 0.25) is 0 Å². The third kappa shape index (κ3) is 6.00. The first-order chi connectivity index (χ1) is 14.2. The first-order valence-corrected chi connectivity index (χ1v) is 9.49. The SMILES string of the molecule is COc1ccc(CCNC(=O)c2cc(N(C)CCc3ccncc3)ncn2)cc1. The van der Waals surface area contributed by atoms with Crippen molar-refractivity contribution in [2.24, 2.45) is 0 Å². The first-order valence-electron chi connectivity index (χ1n) is 9.49. The number of nitrogens with zero attached hydrogens (tertiary/aromatic N) is 4. The van der Waals surface area contributed by atoms with Gasteiger partial charge in [-0.3, -0.25) is 9.78 Å². The number of hydrogen-bond donors (Lipinski definition) is 1. The van der Waals surface area contributed by atoms with E-state index in [0.717, 1.165) is 36.5 Å². The summed E-state index contributed by atoms with van der Waals surface area (Å²) in [6.45, 7) is 1.31. The van der Waals surface area contributed by atoms with Crippen LogP contribution in [0.25, 0.3) is 0 Å². The zero-order chi connectivity index (χ0) is 20.5. The molecule has 0 saturated carbocycles. The molecule has 29 heavy (non-hydrogen) atoms. The molecule has 0 fully saturated rings. The summed E-state index contributed by atoms with van der Waals surface area (Å²) in [6, 6.07) is 13.5. The number of nitrogens with one attached hydrogen (secondary N) is 1. The third-order valence-corrected chi connectivity index (χ3v) is 4.62. The molecule has 150 valence electrons. The summed E-state index contributed by atoms with van der Waals surface area (Å²) in [4.78, 5) is 26.9. The number of pyridine rings is 1. The molecule has 2 aromatic heterocycles. The fourth-order valence-electron chi connectivity index (χ4n) is 2.84. The number of ether oxygens (including phenoxy) is 1. The highest BCUT2D eigenvalue weighted by molar-refractivity contribution is 5.92. The minimum Gasteiger partial charge on any atom is -0.497 e. The summed E-state index contributed by atoms with van der Waals surface area (Å²) in [6.07, 6.45) is 6.60. The van der Waals surface area contributed by atoms with Crippen molar-refractivity contribution in [3.05, 3.63) is 78.0 Å². The van der Waals surface area contributed by atoms with Gasteiger partial charge in [-0.2, -0.15) is 0 Å². The maximum absolute atomic E-state index is 12.4. The molecule has 3 rings (SSSR count). The molecule has 0 aliphatic carbocycles. The molecular formula is C22H25N5O2. The van der Waals surface area contributed by atoms with Gasteiger partial charge < -0.3 is 15.0 Å². The lowest BCUT2D eigenvalue weighted by Crippen LogP contribution is -2.27. The van der Waals surface area contributed by atoms with Crippen molar-refractivity contribution in [1.29, 1.82) is 0 Å². The van der Waals surface area contributed by atoms with E-state index < -0.39 is 0 Å². The number of likely N-dealkylation sites (N-methyl/N-ethyl adjacent to an activating group) is 1. The van der Waals surface area contributed by atoms with E-state index in [9.17, 15) is 4.79 Å². The van der Waals surface area contributed by atoms with Gasteiger partial charge in [0.1, 0.15) is 23.6 Å². The van der Waals surface area contributed by atoms with E-state index in [1.807, 2.05) is 48.3 Å². The Morgan fingerprint density at radius 2 is 1.76 bits per heavy atom. The lowest BCUT2D eigenvalue weighted by atomic mass is 10.1. The van der Waals surface area contributed by atoms with Crippen molar-refractivity contribution in [3.8, 4) is 5.75 Å². The van der Waals surface area contributed by atoms with Crippen LogP contribution >= 0.6 is 0 Å². The summed E-state index contributed by atoms with van der Waals surface area (Å²) in [7, 11) is 3.59. The number of methoxy groups -OCH3 is 1. The third-order valence-electron chi connectivity index (χ3n) is 4.62. The molecule has 0 spiro atoms. The van der Waals surface area contributed by atoms with Gasteiger partial charge in [0.15, 0.2) is 0 Å². The van der Waals surface area contributed by atoms with E-state index in [1.165, 1.54) is 11.9 Å². The monoisotopic (exact) mass is 391 g/mol. The smallest absolute Gasteiger partial charge is 0.270 e. The van der Waals surface area contributed by atoms with Crippen molar-refractivity contribution in [2.75, 3.05) is 32.1 Å². The summed E-state index contributed by atoms with van der Waals surface area (Å²) < 4.78 is 5.15. The standard InChI is InChI=1S/C22H25N5O2/c1-27(14-10-18-7-11-23-12-8-18)21-15-20(25-16-26-21)22(28)24-13-9-17-3-5-19(29-2)6-4-17/h3-8,11-12,15-16H,9-10,13-14H2,1-2H3,(H,24,28). The van der Waals surface area contributed by atoms with Crippen LogP contribution in [0.5, 0.6) is 5.75 Å². The summed E-state index contributed by atoms with van der Waals surface area (Å²) >= 11 is 0. The molecule has 0 aliphatic rings. The number of amides is 1. The average Bonchev–Trinajstić information content (AvgIpc) is 2.78. The van der Waals surface area contributed by atoms with Gasteiger partial charge in [0, 0.05) is 38.6 Å². The Labute approximate surface area is 170 Å². The first kappa shape index (κ1) is 20.3. The second-order valence-electron chi connectivity index (χ2n) is 6.64. The Morgan fingerprint density at radius 1 is 1.03 bits per heavy atom. The molecule has 2 heterocycles. The van der Waals surface area contributed by atoms with E-state index in [4.69, 9.17) is 4.74 Å². The van der Waals surface area contributed by atoms with Crippen LogP contribution in [-0.2, 0) is 12.8 Å². The summed E-state index contributed by atoms with van der Waals surface area (Å²) in [5.74, 6) is 1.33. The molecule has 7 heteroatoms. The predicted molar refractivity (Wildman–Crippen MR) is 112 cm³/mol. The van der Waals surface area contributed by atoms with Crippen LogP contribution in [0, 0.1) is 0 Å². The molecule has 0 unspecified atom stereocenters. The van der Waals surface area contributed by atoms with Gasteiger partial charge >= 0.3 is 0 Å². The van der Waals surface area contributed by atoms with Gasteiger partial charge in [-0.25, -0.2) is 9.97 Å². The van der Waals surface area contributed by atoms with Gasteiger partial charge in [0.2, 0.25) is 0 Å². The van der Waals surface area contributed by atoms with Crippen molar-refractivity contribution in [2.45, 2.75) is 12.8 Å². The van der Waals surface area contributed by atoms with Crippen LogP contribution in [0.15, 0.2) is 61.2 Å². The number of benzene rings is 1. The van der Waals surface area contributed by atoms with Crippen LogP contribution in [-0.4, -0.2) is 48.1 Å². The van der Waals surface area contributed by atoms with E-state index in [1.54, 1.807) is 25.6 Å². The molecule has 0 radical (unpaired) electrons. The van der Waals surface area contributed by atoms with E-state index in [0.29, 0.717) is 12.2 Å². The normalized spacial score (nSPS) is 10.4. The maximum Gasteiger partial charge on any atom is 0.270 e. The largest absolute Gasteiger partial charge is 0.497 e. The van der Waals surface area contributed by atoms with Crippen molar-refractivity contribution < 1.29 is 9.53 Å². The molecule has 7 nitrogen and oxygen atoms in total. The molecule has 0 atom stereocenters. The average molecular weight is 391 g/mol. The van der Waals surface area contributed by atoms with Gasteiger partial charge in [0.25, 0.3) is 5.91 Å². The number of carbonyl (C=O) groups excluding carboxylic acids is 1. The molecule has 0 aliphatic heterocycles. The minimum atomic E-state index is -0.204. The number of anilines is 1. The highest BCUT2D eigenvalue weighted by atomic mass is 16.5. The lowest BCUT2D eigenvalue weighted by Gasteiger charge is -2.18. The predicted octanol–water partition coefficient (Wildman–Crippen LogP) is 2.53. The van der Waals surface area contributed by atoms with E-state index in [-0.39, 0.29) is 5.91 Å². The topological polar surface area (TPSA) is 80.2 Å². The molecule has 1 N–H and O–H groups in total. The summed E-state index contributed by atoms with van der Waals surface area (Å²) in [5, 5.41) is 2.91. The second-order valence-corrected chi connectivity index (χ2v) is 6.64. The number of carbonyl (C=O) groups is 1. The molecule has 0 bridgehead atoms. The van der Waals surface area contributed by atoms with Gasteiger partial charge in [-0.05, 0) is 48.2 Å². The molecule has 1 aromatic carbocycles. The van der Waals surface area contributed by atoms with Crippen molar-refractivity contribution in [3.63, 3.8) is 0 Å². The van der Waals surface area contributed by atoms with Crippen LogP contribution in [0.3, 0.4) is 0 Å². The number of aromatic nitrogens is 3. The van der Waals surface area contributed by atoms with Crippen molar-refractivity contribution >= 4 is 11.7 Å². The Kier molecular flexibility index (Phi) is 7.10. The molecular weight excluding hydrogens is 366 g/mol. The van der Waals surface area contributed by atoms with Crippen LogP contribution < -0.4 is 15.0 Å². The van der Waals surface area contributed by atoms with E-state index in [2.05, 4.69) is 20.3 Å². The van der Waals surface area contributed by atoms with Crippen LogP contribution in [0.4, 0.5) is 5.82 Å². The van der Waals surface area contributed by atoms with Crippen LogP contribution in [0.1, 0.15) is 21.6 Å². The Bertz CT molecular complexity index is 916. The highest BCUT2D eigenvalue weighted by Gasteiger charge is 2.11. The quantitative estimate of drug-likeness (QED) is 0.604. The Morgan fingerprint density at radius 3 is 2.48 bits per heavy atom. The Hall–Kier alpha value is -3.48. The fourth-order valence-corrected chi connectivity index (χ4v) is 2.84. The summed E-state index contributed by atoms with van der Waals surface area (Å²) in [5.41, 5.74) is 2.70. The Balaban J connectivity index is 1.51. The zero-order valence-electron chi connectivity index (χ0n) is 16.7.